The molecular weight excluding hydrogens is 716 g/mol. The average Bonchev–Trinajstić information content (AvgIpc) is 3.47. The molecule has 5 aliphatic carbocycles. The predicted octanol–water partition coefficient (Wildman–Crippen LogP) is 0.724. The van der Waals surface area contributed by atoms with Gasteiger partial charge in [-0.25, -0.2) is 0 Å². The van der Waals surface area contributed by atoms with Crippen LogP contribution in [0.3, 0.4) is 0 Å². The number of hydrogen-bond donors (Lipinski definition) is 9. The highest BCUT2D eigenvalue weighted by molar-refractivity contribution is 5.33. The number of fused-ring (bicyclic) bond motifs is 2. The monoisotopic (exact) mass is 784 g/mol. The summed E-state index contributed by atoms with van der Waals surface area (Å²) in [5.74, 6) is -0.0233. The van der Waals surface area contributed by atoms with Gasteiger partial charge in [0, 0.05) is 5.92 Å². The topological polar surface area (TPSA) is 228 Å². The largest absolute Gasteiger partial charge is 0.394 e. The Balaban J connectivity index is 0.998. The molecule has 14 heteroatoms. The fourth-order valence-corrected chi connectivity index (χ4v) is 15.0. The molecule has 21 unspecified atom stereocenters. The Hall–Kier alpha value is -0.560. The van der Waals surface area contributed by atoms with Crippen molar-refractivity contribution in [3.8, 4) is 0 Å². The Bertz CT molecular complexity index is 1460. The minimum Gasteiger partial charge on any atom is -0.394 e. The summed E-state index contributed by atoms with van der Waals surface area (Å²) in [4.78, 5) is 0. The van der Waals surface area contributed by atoms with Crippen LogP contribution in [0, 0.1) is 44.8 Å². The molecule has 55 heavy (non-hydrogen) atoms. The van der Waals surface area contributed by atoms with Gasteiger partial charge in [-0.05, 0) is 117 Å². The normalized spacial score (nSPS) is 58.7. The van der Waals surface area contributed by atoms with Crippen LogP contribution >= 0.6 is 0 Å². The van der Waals surface area contributed by atoms with E-state index in [0.29, 0.717) is 25.7 Å². The molecule has 0 radical (unpaired) electrons. The first-order valence-corrected chi connectivity index (χ1v) is 20.9. The fraction of sp³-hybridized carbons (Fsp3) is 1.00. The minimum atomic E-state index is -1.55. The van der Waals surface area contributed by atoms with Gasteiger partial charge in [0.25, 0.3) is 0 Å². The highest BCUT2D eigenvalue weighted by Gasteiger charge is 2.85. The molecule has 3 aliphatic heterocycles. The number of aliphatic hydroxyl groups is 9. The van der Waals surface area contributed by atoms with Gasteiger partial charge < -0.3 is 69.6 Å². The Morgan fingerprint density at radius 3 is 2.07 bits per heavy atom. The summed E-state index contributed by atoms with van der Waals surface area (Å²) in [6, 6.07) is 0. The maximum atomic E-state index is 12.3. The van der Waals surface area contributed by atoms with Crippen molar-refractivity contribution in [3.05, 3.63) is 0 Å². The van der Waals surface area contributed by atoms with E-state index in [-0.39, 0.29) is 52.1 Å². The Kier molecular flexibility index (Phi) is 9.90. The molecular formula is C41H68O14. The van der Waals surface area contributed by atoms with Crippen molar-refractivity contribution >= 4 is 0 Å². The second kappa shape index (κ2) is 13.2. The maximum absolute atomic E-state index is 12.3. The van der Waals surface area contributed by atoms with Crippen molar-refractivity contribution < 1.29 is 69.6 Å². The first-order valence-electron chi connectivity index (χ1n) is 20.9. The fourth-order valence-electron chi connectivity index (χ4n) is 15.0. The van der Waals surface area contributed by atoms with Crippen molar-refractivity contribution in [2.24, 2.45) is 44.8 Å². The third-order valence-electron chi connectivity index (χ3n) is 17.7. The van der Waals surface area contributed by atoms with Crippen LogP contribution in [0.15, 0.2) is 0 Å². The van der Waals surface area contributed by atoms with E-state index in [0.717, 1.165) is 32.1 Å². The van der Waals surface area contributed by atoms with Gasteiger partial charge in [0.1, 0.15) is 42.7 Å². The molecule has 9 N–H and O–H groups in total. The summed E-state index contributed by atoms with van der Waals surface area (Å²) in [5.41, 5.74) is -2.74. The van der Waals surface area contributed by atoms with Crippen molar-refractivity contribution in [1.29, 1.82) is 0 Å². The Morgan fingerprint density at radius 2 is 1.38 bits per heavy atom. The van der Waals surface area contributed by atoms with E-state index in [4.69, 9.17) is 23.7 Å². The van der Waals surface area contributed by atoms with Gasteiger partial charge in [0.2, 0.25) is 0 Å². The van der Waals surface area contributed by atoms with Crippen molar-refractivity contribution in [3.63, 3.8) is 0 Å². The number of ether oxygens (including phenoxy) is 5. The van der Waals surface area contributed by atoms with Crippen LogP contribution in [0.25, 0.3) is 0 Å². The van der Waals surface area contributed by atoms with Gasteiger partial charge >= 0.3 is 0 Å². The van der Waals surface area contributed by atoms with Crippen LogP contribution in [0.1, 0.15) is 106 Å². The van der Waals surface area contributed by atoms with Crippen molar-refractivity contribution in [2.45, 2.75) is 197 Å². The Morgan fingerprint density at radius 1 is 0.691 bits per heavy atom. The van der Waals surface area contributed by atoms with E-state index in [2.05, 4.69) is 34.6 Å². The lowest BCUT2D eigenvalue weighted by Gasteiger charge is -2.64. The van der Waals surface area contributed by atoms with E-state index < -0.39 is 96.8 Å². The highest BCUT2D eigenvalue weighted by atomic mass is 16.7. The third-order valence-corrected chi connectivity index (χ3v) is 17.7. The molecule has 0 aromatic rings. The molecule has 21 atom stereocenters. The molecule has 0 aromatic heterocycles. The second-order valence-corrected chi connectivity index (χ2v) is 21.0. The molecule has 0 bridgehead atoms. The first-order chi connectivity index (χ1) is 25.5. The second-order valence-electron chi connectivity index (χ2n) is 21.0. The zero-order valence-electron chi connectivity index (χ0n) is 33.6. The quantitative estimate of drug-likeness (QED) is 0.162. The summed E-state index contributed by atoms with van der Waals surface area (Å²) in [5, 5.41) is 96.5. The van der Waals surface area contributed by atoms with Crippen molar-refractivity contribution in [1.82, 2.24) is 0 Å². The molecule has 8 aliphatic rings. The van der Waals surface area contributed by atoms with Gasteiger partial charge in [0.15, 0.2) is 12.6 Å². The molecule has 316 valence electrons. The molecule has 2 spiro atoms. The molecule has 5 saturated carbocycles. The Labute approximate surface area is 324 Å². The number of aliphatic hydroxyl groups excluding tert-OH is 9. The van der Waals surface area contributed by atoms with Crippen LogP contribution in [0.4, 0.5) is 0 Å². The summed E-state index contributed by atoms with van der Waals surface area (Å²) in [6.07, 6.45) is -6.76. The van der Waals surface area contributed by atoms with Gasteiger partial charge in [-0.3, -0.25) is 0 Å². The predicted molar refractivity (Wildman–Crippen MR) is 194 cm³/mol. The van der Waals surface area contributed by atoms with Gasteiger partial charge in [-0.15, -0.1) is 0 Å². The zero-order chi connectivity index (χ0) is 40.1. The summed E-state index contributed by atoms with van der Waals surface area (Å²) >= 11 is 0. The van der Waals surface area contributed by atoms with Gasteiger partial charge in [-0.1, -0.05) is 27.7 Å². The summed E-state index contributed by atoms with van der Waals surface area (Å²) in [6.45, 7) is 14.1. The third kappa shape index (κ3) is 5.63. The van der Waals surface area contributed by atoms with E-state index in [1.165, 1.54) is 0 Å². The molecule has 3 heterocycles. The van der Waals surface area contributed by atoms with Crippen molar-refractivity contribution in [2.75, 3.05) is 13.2 Å². The van der Waals surface area contributed by atoms with Gasteiger partial charge in [0.05, 0.1) is 48.8 Å². The van der Waals surface area contributed by atoms with Crippen LogP contribution < -0.4 is 0 Å². The molecule has 14 nitrogen and oxygen atoms in total. The first kappa shape index (κ1) is 41.2. The molecule has 8 rings (SSSR count). The van der Waals surface area contributed by atoms with E-state index >= 15 is 0 Å². The number of rotatable bonds is 7. The molecule has 0 aromatic carbocycles. The standard InChI is InChI=1S/C41H68O14/c1-35(2)24(53-33-29(49)26(46)21(45)17-51-33)9-11-41-18-40(41)13-12-37(5)32(20(44)15-38(37,6)23(40)14-19(43)31(35)41)39(7)10-8-25(54-39)36(3,4)55-34-30(50)28(48)27(47)22(16-42)52-34/h19-34,42-50H,8-18H2,1-7H3. The number of hydrogen-bond acceptors (Lipinski definition) is 14. The minimum absolute atomic E-state index is 0.0321. The van der Waals surface area contributed by atoms with Gasteiger partial charge in [-0.2, -0.15) is 0 Å². The van der Waals surface area contributed by atoms with E-state index in [9.17, 15) is 46.0 Å². The zero-order valence-corrected chi connectivity index (χ0v) is 33.6. The highest BCUT2D eigenvalue weighted by Crippen LogP contribution is 2.89. The maximum Gasteiger partial charge on any atom is 0.187 e. The van der Waals surface area contributed by atoms with E-state index in [1.54, 1.807) is 0 Å². The SMILES string of the molecule is CC(C)(OC1OC(CO)C(O)C(O)C1O)C1CCC(C)(C2C(O)CC3(C)C4CC(O)C5C(C)(C)C(OC6OCC(O)C(O)C6O)CCC56CC46CCC23C)O1. The smallest absolute Gasteiger partial charge is 0.187 e. The lowest BCUT2D eigenvalue weighted by molar-refractivity contribution is -0.334. The van der Waals surface area contributed by atoms with E-state index in [1.807, 2.05) is 13.8 Å². The summed E-state index contributed by atoms with van der Waals surface area (Å²) in [7, 11) is 0. The molecule has 8 fully saturated rings. The molecule has 0 amide bonds. The average molecular weight is 785 g/mol. The lowest BCUT2D eigenvalue weighted by Crippen LogP contribution is -2.63. The van der Waals surface area contributed by atoms with Crippen LogP contribution in [0.2, 0.25) is 0 Å². The van der Waals surface area contributed by atoms with Crippen LogP contribution in [0.5, 0.6) is 0 Å². The lowest BCUT2D eigenvalue weighted by atomic mass is 9.41. The summed E-state index contributed by atoms with van der Waals surface area (Å²) < 4.78 is 31.0. The molecule has 3 saturated heterocycles. The van der Waals surface area contributed by atoms with Crippen LogP contribution in [-0.4, -0.2) is 150 Å². The van der Waals surface area contributed by atoms with Crippen LogP contribution in [-0.2, 0) is 23.7 Å².